The van der Waals surface area contributed by atoms with Crippen LogP contribution in [0.15, 0.2) is 97.1 Å². The molecule has 0 radical (unpaired) electrons. The van der Waals surface area contributed by atoms with E-state index in [9.17, 15) is 14.7 Å². The van der Waals surface area contributed by atoms with E-state index in [4.69, 9.17) is 19.2 Å². The Hall–Kier alpha value is -5.06. The van der Waals surface area contributed by atoms with Crippen LogP contribution in [0.3, 0.4) is 0 Å². The molecule has 3 amide bonds. The Morgan fingerprint density at radius 3 is 2.43 bits per heavy atom. The summed E-state index contributed by atoms with van der Waals surface area (Å²) in [7, 11) is 1.64. The first-order valence-electron chi connectivity index (χ1n) is 13.4. The number of urea groups is 1. The smallest absolute Gasteiger partial charge is 0.317 e. The lowest BCUT2D eigenvalue weighted by Crippen LogP contribution is -2.52. The van der Waals surface area contributed by atoms with Gasteiger partial charge in [-0.15, -0.1) is 0 Å². The fraction of sp³-hybridized carbons (Fsp3) is 0.188. The van der Waals surface area contributed by atoms with Gasteiger partial charge in [0.05, 0.1) is 6.61 Å². The van der Waals surface area contributed by atoms with Crippen molar-refractivity contribution in [1.29, 1.82) is 0 Å². The molecule has 1 aliphatic heterocycles. The number of aliphatic hydroxyl groups is 1. The van der Waals surface area contributed by atoms with Crippen LogP contribution >= 0.6 is 0 Å². The van der Waals surface area contributed by atoms with E-state index >= 15 is 0 Å². The summed E-state index contributed by atoms with van der Waals surface area (Å²) in [5, 5.41) is 14.6. The van der Waals surface area contributed by atoms with Crippen molar-refractivity contribution in [1.82, 2.24) is 10.6 Å². The highest BCUT2D eigenvalue weighted by atomic mass is 17.2. The molecular weight excluding hydrogens is 538 g/mol. The van der Waals surface area contributed by atoms with E-state index in [0.717, 1.165) is 22.3 Å². The van der Waals surface area contributed by atoms with Gasteiger partial charge in [-0.3, -0.25) is 4.79 Å². The van der Waals surface area contributed by atoms with Crippen molar-refractivity contribution in [3.05, 3.63) is 108 Å². The summed E-state index contributed by atoms with van der Waals surface area (Å²) in [6.45, 7) is -0.181. The molecule has 10 nitrogen and oxygen atoms in total. The van der Waals surface area contributed by atoms with Crippen molar-refractivity contribution in [2.24, 2.45) is 0 Å². The number of nitrogens with one attached hydrogen (secondary N) is 2. The van der Waals surface area contributed by atoms with Crippen molar-refractivity contribution >= 4 is 17.6 Å². The minimum atomic E-state index is -0.869. The molecule has 0 saturated carbocycles. The zero-order valence-corrected chi connectivity index (χ0v) is 23.0. The number of rotatable bonds is 11. The molecule has 0 aliphatic carbocycles. The van der Waals surface area contributed by atoms with E-state index in [1.807, 2.05) is 66.7 Å². The molecule has 1 heterocycles. The van der Waals surface area contributed by atoms with E-state index in [1.54, 1.807) is 37.4 Å². The minimum absolute atomic E-state index is 0.0399. The van der Waals surface area contributed by atoms with Gasteiger partial charge in [0.1, 0.15) is 6.04 Å². The molecule has 0 unspecified atom stereocenters. The molecule has 0 spiro atoms. The van der Waals surface area contributed by atoms with Gasteiger partial charge >= 0.3 is 6.03 Å². The standard InChI is InChI=1S/C32H31N3O7/c1-35(25-15-16-29-30(18-25)40-21-39-29)31(37)27(17-22-7-3-2-4-8-22)34-32(38)33-20-41-42-28-10-6-5-9-26(28)24-13-11-23(19-36)12-14-24/h2-16,18,27,36H,17,19-21H2,1H3,(H2,33,34,38)/t27-/m0/s1. The van der Waals surface area contributed by atoms with Gasteiger partial charge in [0, 0.05) is 30.8 Å². The van der Waals surface area contributed by atoms with E-state index in [-0.39, 0.29) is 32.5 Å². The highest BCUT2D eigenvalue weighted by Crippen LogP contribution is 2.35. The van der Waals surface area contributed by atoms with Crippen LogP contribution in [0.1, 0.15) is 11.1 Å². The average molecular weight is 570 g/mol. The number of likely N-dealkylation sites (N-methyl/N-ethyl adjacent to an activating group) is 1. The third-order valence-electron chi connectivity index (χ3n) is 6.74. The molecule has 0 fully saturated rings. The molecular formula is C32H31N3O7. The quantitative estimate of drug-likeness (QED) is 0.106. The maximum atomic E-state index is 13.6. The van der Waals surface area contributed by atoms with Crippen molar-refractivity contribution in [3.63, 3.8) is 0 Å². The molecule has 4 aromatic carbocycles. The maximum Gasteiger partial charge on any atom is 0.317 e. The predicted octanol–water partition coefficient (Wildman–Crippen LogP) is 4.42. The molecule has 1 atom stereocenters. The maximum absolute atomic E-state index is 13.6. The van der Waals surface area contributed by atoms with Crippen LogP contribution in [0.2, 0.25) is 0 Å². The largest absolute Gasteiger partial charge is 0.454 e. The number of aliphatic hydroxyl groups excluding tert-OH is 1. The number of para-hydroxylation sites is 1. The van der Waals surface area contributed by atoms with Gasteiger partial charge < -0.3 is 35.0 Å². The summed E-state index contributed by atoms with van der Waals surface area (Å²) in [4.78, 5) is 38.6. The summed E-state index contributed by atoms with van der Waals surface area (Å²) >= 11 is 0. The molecule has 0 saturated heterocycles. The first-order chi connectivity index (χ1) is 20.5. The van der Waals surface area contributed by atoms with E-state index in [2.05, 4.69) is 10.6 Å². The second-order valence-corrected chi connectivity index (χ2v) is 9.52. The van der Waals surface area contributed by atoms with Gasteiger partial charge in [-0.1, -0.05) is 72.8 Å². The van der Waals surface area contributed by atoms with E-state index < -0.39 is 12.1 Å². The predicted molar refractivity (Wildman–Crippen MR) is 156 cm³/mol. The second kappa shape index (κ2) is 13.5. The summed E-state index contributed by atoms with van der Waals surface area (Å²) < 4.78 is 10.8. The third kappa shape index (κ3) is 6.98. The van der Waals surface area contributed by atoms with Gasteiger partial charge in [-0.05, 0) is 34.9 Å². The SMILES string of the molecule is CN(C(=O)[C@H](Cc1ccccc1)NC(=O)NCOOc1ccccc1-c1ccc(CO)cc1)c1ccc2c(c1)OCO2. The molecule has 42 heavy (non-hydrogen) atoms. The number of hydrogen-bond acceptors (Lipinski definition) is 7. The van der Waals surface area contributed by atoms with Crippen LogP contribution in [-0.2, 0) is 22.7 Å². The second-order valence-electron chi connectivity index (χ2n) is 9.52. The molecule has 1 aliphatic rings. The summed E-state index contributed by atoms with van der Waals surface area (Å²) in [5.41, 5.74) is 3.96. The third-order valence-corrected chi connectivity index (χ3v) is 6.74. The Balaban J connectivity index is 1.20. The van der Waals surface area contributed by atoms with Crippen LogP contribution in [0.4, 0.5) is 10.5 Å². The summed E-state index contributed by atoms with van der Waals surface area (Å²) in [6, 6.07) is 27.9. The molecule has 3 N–H and O–H groups in total. The zero-order valence-electron chi connectivity index (χ0n) is 23.0. The van der Waals surface area contributed by atoms with Crippen LogP contribution < -0.4 is 29.9 Å². The van der Waals surface area contributed by atoms with Gasteiger partial charge in [0.2, 0.25) is 12.7 Å². The number of hydrogen-bond donors (Lipinski definition) is 3. The Kier molecular flexibility index (Phi) is 9.17. The number of nitrogens with zero attached hydrogens (tertiary/aromatic N) is 1. The number of amides is 3. The minimum Gasteiger partial charge on any atom is -0.454 e. The number of benzene rings is 4. The molecule has 216 valence electrons. The topological polar surface area (TPSA) is 119 Å². The number of ether oxygens (including phenoxy) is 2. The molecule has 4 aromatic rings. The average Bonchev–Trinajstić information content (AvgIpc) is 3.51. The number of anilines is 1. The number of carbonyl (C=O) groups is 2. The highest BCUT2D eigenvalue weighted by molar-refractivity contribution is 5.99. The summed E-state index contributed by atoms with van der Waals surface area (Å²) in [5.74, 6) is 1.31. The number of fused-ring (bicyclic) bond motifs is 1. The van der Waals surface area contributed by atoms with Gasteiger partial charge in [-0.2, -0.15) is 4.89 Å². The molecule has 10 heteroatoms. The Bertz CT molecular complexity index is 1510. The van der Waals surface area contributed by atoms with Crippen LogP contribution in [0.25, 0.3) is 11.1 Å². The van der Waals surface area contributed by atoms with Crippen LogP contribution in [-0.4, -0.2) is 43.7 Å². The highest BCUT2D eigenvalue weighted by Gasteiger charge is 2.26. The lowest BCUT2D eigenvalue weighted by Gasteiger charge is -2.25. The van der Waals surface area contributed by atoms with Crippen molar-refractivity contribution < 1.29 is 33.9 Å². The molecule has 0 bridgehead atoms. The molecule has 0 aromatic heterocycles. The van der Waals surface area contributed by atoms with Crippen LogP contribution in [0, 0.1) is 0 Å². The Morgan fingerprint density at radius 1 is 0.905 bits per heavy atom. The van der Waals surface area contributed by atoms with Crippen molar-refractivity contribution in [2.45, 2.75) is 19.1 Å². The Labute approximate surface area is 243 Å². The fourth-order valence-electron chi connectivity index (χ4n) is 4.47. The Morgan fingerprint density at radius 2 is 1.64 bits per heavy atom. The molecule has 5 rings (SSSR count). The lowest BCUT2D eigenvalue weighted by atomic mass is 10.0. The van der Waals surface area contributed by atoms with Crippen molar-refractivity contribution in [2.75, 3.05) is 25.5 Å². The fourth-order valence-corrected chi connectivity index (χ4v) is 4.47. The van der Waals surface area contributed by atoms with Gasteiger partial charge in [0.15, 0.2) is 24.0 Å². The van der Waals surface area contributed by atoms with E-state index in [0.29, 0.717) is 22.9 Å². The summed E-state index contributed by atoms with van der Waals surface area (Å²) in [6.07, 6.45) is 0.280. The monoisotopic (exact) mass is 569 g/mol. The zero-order chi connectivity index (χ0) is 29.3. The first kappa shape index (κ1) is 28.5. The number of carbonyl (C=O) groups excluding carboxylic acids is 2. The van der Waals surface area contributed by atoms with E-state index in [1.165, 1.54) is 4.90 Å². The van der Waals surface area contributed by atoms with Gasteiger partial charge in [-0.25, -0.2) is 4.79 Å². The van der Waals surface area contributed by atoms with Crippen LogP contribution in [0.5, 0.6) is 17.2 Å². The van der Waals surface area contributed by atoms with Crippen molar-refractivity contribution in [3.8, 4) is 28.4 Å². The lowest BCUT2D eigenvalue weighted by molar-refractivity contribution is -0.209. The van der Waals surface area contributed by atoms with Gasteiger partial charge in [0.25, 0.3) is 0 Å². The normalized spacial score (nSPS) is 12.3. The first-order valence-corrected chi connectivity index (χ1v) is 13.4.